The second-order valence-corrected chi connectivity index (χ2v) is 6.13. The van der Waals surface area contributed by atoms with Crippen LogP contribution in [0.1, 0.15) is 21.5 Å². The number of benzene rings is 3. The Morgan fingerprint density at radius 1 is 0.759 bits per heavy atom. The predicted molar refractivity (Wildman–Crippen MR) is 114 cm³/mol. The molecule has 0 aliphatic rings. The summed E-state index contributed by atoms with van der Waals surface area (Å²) in [5, 5.41) is 0. The maximum atomic E-state index is 12.4. The largest absolute Gasteiger partial charge is 0.497 e. The van der Waals surface area contributed by atoms with Crippen LogP contribution in [-0.4, -0.2) is 18.9 Å². The number of para-hydroxylation sites is 1. The molecule has 3 aromatic rings. The van der Waals surface area contributed by atoms with E-state index in [-0.39, 0.29) is 5.78 Å². The van der Waals surface area contributed by atoms with Crippen molar-refractivity contribution in [2.24, 2.45) is 0 Å². The van der Waals surface area contributed by atoms with Crippen LogP contribution in [0.5, 0.6) is 11.5 Å². The van der Waals surface area contributed by atoms with Crippen molar-refractivity contribution < 1.29 is 19.1 Å². The summed E-state index contributed by atoms with van der Waals surface area (Å²) in [5.41, 5.74) is 2.08. The van der Waals surface area contributed by atoms with E-state index < -0.39 is 5.97 Å². The molecule has 0 atom stereocenters. The van der Waals surface area contributed by atoms with Crippen LogP contribution in [0.15, 0.2) is 91.0 Å². The number of esters is 1. The van der Waals surface area contributed by atoms with Gasteiger partial charge >= 0.3 is 5.97 Å². The van der Waals surface area contributed by atoms with Gasteiger partial charge in [-0.15, -0.1) is 0 Å². The maximum Gasteiger partial charge on any atom is 0.336 e. The summed E-state index contributed by atoms with van der Waals surface area (Å²) in [7, 11) is 1.57. The van der Waals surface area contributed by atoms with Crippen LogP contribution in [0.2, 0.25) is 0 Å². The first-order valence-electron chi connectivity index (χ1n) is 9.06. The highest BCUT2D eigenvalue weighted by Gasteiger charge is 2.06. The van der Waals surface area contributed by atoms with Crippen molar-refractivity contribution in [1.82, 2.24) is 0 Å². The Morgan fingerprint density at radius 3 is 2.17 bits per heavy atom. The molecule has 0 spiro atoms. The third kappa shape index (κ3) is 5.78. The molecule has 29 heavy (non-hydrogen) atoms. The minimum atomic E-state index is -0.490. The van der Waals surface area contributed by atoms with Crippen molar-refractivity contribution >= 4 is 23.9 Å². The van der Waals surface area contributed by atoms with Crippen LogP contribution in [0.25, 0.3) is 12.2 Å². The molecule has 0 heterocycles. The maximum absolute atomic E-state index is 12.4. The van der Waals surface area contributed by atoms with Gasteiger partial charge in [-0.2, -0.15) is 0 Å². The quantitative estimate of drug-likeness (QED) is 0.243. The van der Waals surface area contributed by atoms with E-state index in [1.54, 1.807) is 61.7 Å². The van der Waals surface area contributed by atoms with Crippen molar-refractivity contribution in [1.29, 1.82) is 0 Å². The number of carbonyl (C=O) groups excluding carboxylic acids is 2. The normalized spacial score (nSPS) is 10.9. The molecule has 0 N–H and O–H groups in total. The lowest BCUT2D eigenvalue weighted by atomic mass is 10.1. The molecule has 0 bridgehead atoms. The van der Waals surface area contributed by atoms with Crippen LogP contribution >= 0.6 is 0 Å². The van der Waals surface area contributed by atoms with E-state index in [1.807, 2.05) is 36.4 Å². The second-order valence-electron chi connectivity index (χ2n) is 6.13. The topological polar surface area (TPSA) is 52.6 Å². The van der Waals surface area contributed by atoms with Gasteiger partial charge in [-0.1, -0.05) is 48.5 Å². The Morgan fingerprint density at radius 2 is 1.45 bits per heavy atom. The van der Waals surface area contributed by atoms with Crippen LogP contribution in [0, 0.1) is 0 Å². The van der Waals surface area contributed by atoms with E-state index in [0.717, 1.165) is 5.56 Å². The fourth-order valence-electron chi connectivity index (χ4n) is 2.60. The monoisotopic (exact) mass is 384 g/mol. The lowest BCUT2D eigenvalue weighted by Crippen LogP contribution is -2.04. The van der Waals surface area contributed by atoms with E-state index in [4.69, 9.17) is 9.47 Å². The van der Waals surface area contributed by atoms with Gasteiger partial charge in [-0.25, -0.2) is 4.79 Å². The number of allylic oxidation sites excluding steroid dienone is 1. The fourth-order valence-corrected chi connectivity index (χ4v) is 2.60. The minimum absolute atomic E-state index is 0.155. The summed E-state index contributed by atoms with van der Waals surface area (Å²) in [6.45, 7) is 0. The van der Waals surface area contributed by atoms with Gasteiger partial charge in [-0.05, 0) is 54.1 Å². The average Bonchev–Trinajstić information content (AvgIpc) is 2.77. The molecule has 0 aliphatic carbocycles. The van der Waals surface area contributed by atoms with Crippen LogP contribution in [0.4, 0.5) is 0 Å². The minimum Gasteiger partial charge on any atom is -0.497 e. The molecule has 0 fully saturated rings. The first kappa shape index (κ1) is 19.8. The number of ether oxygens (including phenoxy) is 2. The summed E-state index contributed by atoms with van der Waals surface area (Å²) < 4.78 is 10.5. The number of carbonyl (C=O) groups is 2. The molecule has 0 unspecified atom stereocenters. The van der Waals surface area contributed by atoms with Crippen molar-refractivity contribution in [3.63, 3.8) is 0 Å². The number of hydrogen-bond acceptors (Lipinski definition) is 4. The van der Waals surface area contributed by atoms with E-state index >= 15 is 0 Å². The van der Waals surface area contributed by atoms with Gasteiger partial charge in [0.1, 0.15) is 11.5 Å². The Balaban J connectivity index is 1.69. The first-order chi connectivity index (χ1) is 14.2. The van der Waals surface area contributed by atoms with Gasteiger partial charge in [0.05, 0.1) is 7.11 Å². The molecular formula is C25H20O4. The summed E-state index contributed by atoms with van der Waals surface area (Å²) >= 11 is 0. The summed E-state index contributed by atoms with van der Waals surface area (Å²) in [6, 6.07) is 23.4. The van der Waals surface area contributed by atoms with Crippen LogP contribution in [-0.2, 0) is 4.79 Å². The molecule has 0 amide bonds. The molecule has 0 radical (unpaired) electrons. The van der Waals surface area contributed by atoms with Gasteiger partial charge in [0.25, 0.3) is 0 Å². The summed E-state index contributed by atoms with van der Waals surface area (Å²) in [4.78, 5) is 24.5. The Kier molecular flexibility index (Phi) is 6.74. The Bertz CT molecular complexity index is 1030. The number of methoxy groups -OCH3 is 1. The van der Waals surface area contributed by atoms with Gasteiger partial charge in [0.2, 0.25) is 0 Å². The van der Waals surface area contributed by atoms with E-state index in [1.165, 1.54) is 12.2 Å². The van der Waals surface area contributed by atoms with Crippen LogP contribution < -0.4 is 9.47 Å². The smallest absolute Gasteiger partial charge is 0.336 e. The highest BCUT2D eigenvalue weighted by Crippen LogP contribution is 2.21. The lowest BCUT2D eigenvalue weighted by molar-refractivity contribution is -0.128. The standard InChI is InChI=1S/C25H20O4/c1-28-22-15-12-20(13-16-22)23(26)17-14-21-9-5-6-10-24(21)29-25(27)18-11-19-7-3-2-4-8-19/h2-18H,1H3/b17-14+,18-11+. The van der Waals surface area contributed by atoms with E-state index in [2.05, 4.69) is 0 Å². The number of hydrogen-bond donors (Lipinski definition) is 0. The third-order valence-corrected chi connectivity index (χ3v) is 4.13. The van der Waals surface area contributed by atoms with Gasteiger partial charge < -0.3 is 9.47 Å². The Labute approximate surface area is 169 Å². The molecule has 0 aromatic heterocycles. The van der Waals surface area contributed by atoms with E-state index in [0.29, 0.717) is 22.6 Å². The summed E-state index contributed by atoms with van der Waals surface area (Å²) in [5.74, 6) is 0.425. The molecule has 3 rings (SSSR count). The zero-order valence-electron chi connectivity index (χ0n) is 15.9. The van der Waals surface area contributed by atoms with Crippen molar-refractivity contribution in [2.45, 2.75) is 0 Å². The van der Waals surface area contributed by atoms with Crippen molar-refractivity contribution in [2.75, 3.05) is 7.11 Å². The Hall–Kier alpha value is -3.92. The molecule has 144 valence electrons. The SMILES string of the molecule is COc1ccc(C(=O)/C=C/c2ccccc2OC(=O)/C=C/c2ccccc2)cc1. The molecular weight excluding hydrogens is 364 g/mol. The van der Waals surface area contributed by atoms with Crippen molar-refractivity contribution in [3.8, 4) is 11.5 Å². The van der Waals surface area contributed by atoms with Crippen LogP contribution in [0.3, 0.4) is 0 Å². The summed E-state index contributed by atoms with van der Waals surface area (Å²) in [6.07, 6.45) is 6.15. The molecule has 3 aromatic carbocycles. The van der Waals surface area contributed by atoms with Gasteiger partial charge in [-0.3, -0.25) is 4.79 Å². The van der Waals surface area contributed by atoms with Crippen molar-refractivity contribution in [3.05, 3.63) is 108 Å². The molecule has 0 saturated heterocycles. The highest BCUT2D eigenvalue weighted by molar-refractivity contribution is 6.07. The molecule has 4 nitrogen and oxygen atoms in total. The zero-order valence-corrected chi connectivity index (χ0v) is 15.9. The number of rotatable bonds is 7. The molecule has 0 saturated carbocycles. The first-order valence-corrected chi connectivity index (χ1v) is 9.06. The highest BCUT2D eigenvalue weighted by atomic mass is 16.5. The lowest BCUT2D eigenvalue weighted by Gasteiger charge is -2.05. The predicted octanol–water partition coefficient (Wildman–Crippen LogP) is 5.21. The van der Waals surface area contributed by atoms with Gasteiger partial charge in [0, 0.05) is 17.2 Å². The zero-order chi connectivity index (χ0) is 20.5. The third-order valence-electron chi connectivity index (χ3n) is 4.13. The second kappa shape index (κ2) is 9.85. The average molecular weight is 384 g/mol. The van der Waals surface area contributed by atoms with Gasteiger partial charge in [0.15, 0.2) is 5.78 Å². The molecule has 4 heteroatoms. The van der Waals surface area contributed by atoms with E-state index in [9.17, 15) is 9.59 Å². The molecule has 0 aliphatic heterocycles. The number of ketones is 1. The fraction of sp³-hybridized carbons (Fsp3) is 0.0400.